The zero-order valence-corrected chi connectivity index (χ0v) is 20.6. The molecule has 178 valence electrons. The Labute approximate surface area is 195 Å². The van der Waals surface area contributed by atoms with E-state index in [4.69, 9.17) is 4.74 Å². The lowest BCUT2D eigenvalue weighted by molar-refractivity contribution is -0.911. The van der Waals surface area contributed by atoms with Gasteiger partial charge in [-0.2, -0.15) is 0 Å². The van der Waals surface area contributed by atoms with E-state index in [1.54, 1.807) is 17.3 Å². The second-order valence-electron chi connectivity index (χ2n) is 10.4. The molecule has 2 aliphatic heterocycles. The molecule has 0 aromatic carbocycles. The topological polar surface area (TPSA) is 78.5 Å². The van der Waals surface area contributed by atoms with Crippen LogP contribution in [0.15, 0.2) is 24.5 Å². The van der Waals surface area contributed by atoms with E-state index in [0.717, 1.165) is 40.7 Å². The van der Waals surface area contributed by atoms with Crippen LogP contribution in [0.2, 0.25) is 0 Å². The van der Waals surface area contributed by atoms with Gasteiger partial charge in [0.2, 0.25) is 0 Å². The Kier molecular flexibility index (Phi) is 5.99. The molecule has 2 aliphatic rings. The predicted molar refractivity (Wildman–Crippen MR) is 128 cm³/mol. The number of aromatic nitrogens is 2. The van der Waals surface area contributed by atoms with E-state index in [1.165, 1.54) is 0 Å². The van der Waals surface area contributed by atoms with Crippen molar-refractivity contribution in [2.24, 2.45) is 0 Å². The van der Waals surface area contributed by atoms with Crippen molar-refractivity contribution in [2.75, 3.05) is 46.3 Å². The van der Waals surface area contributed by atoms with Gasteiger partial charge in [-0.1, -0.05) is 13.8 Å². The Morgan fingerprint density at radius 1 is 1.27 bits per heavy atom. The summed E-state index contributed by atoms with van der Waals surface area (Å²) in [6.45, 7) is 14.8. The van der Waals surface area contributed by atoms with Crippen LogP contribution in [0.25, 0.3) is 16.6 Å². The summed E-state index contributed by atoms with van der Waals surface area (Å²) in [6, 6.07) is 3.84. The molecule has 0 aliphatic carbocycles. The van der Waals surface area contributed by atoms with E-state index in [-0.39, 0.29) is 12.1 Å². The van der Waals surface area contributed by atoms with Crippen LogP contribution in [-0.4, -0.2) is 88.7 Å². The van der Waals surface area contributed by atoms with E-state index in [0.29, 0.717) is 30.9 Å². The molecule has 4 rings (SSSR count). The van der Waals surface area contributed by atoms with Gasteiger partial charge < -0.3 is 19.1 Å². The molecule has 1 N–H and O–H groups in total. The van der Waals surface area contributed by atoms with Crippen molar-refractivity contribution < 1.29 is 18.8 Å². The first-order valence-corrected chi connectivity index (χ1v) is 11.8. The van der Waals surface area contributed by atoms with Crippen molar-refractivity contribution in [3.8, 4) is 0 Å². The molecule has 4 heterocycles. The average Bonchev–Trinajstić information content (AvgIpc) is 3.11. The molecule has 8 nitrogen and oxygen atoms in total. The molecule has 0 atom stereocenters. The number of fused-ring (bicyclic) bond motifs is 3. The van der Waals surface area contributed by atoms with Crippen LogP contribution in [0.1, 0.15) is 45.9 Å². The van der Waals surface area contributed by atoms with Gasteiger partial charge >= 0.3 is 12.0 Å². The van der Waals surface area contributed by atoms with Crippen molar-refractivity contribution in [3.63, 3.8) is 0 Å². The van der Waals surface area contributed by atoms with Crippen molar-refractivity contribution in [1.29, 1.82) is 0 Å². The van der Waals surface area contributed by atoms with Crippen LogP contribution < -0.4 is 0 Å². The van der Waals surface area contributed by atoms with Crippen LogP contribution >= 0.6 is 0 Å². The summed E-state index contributed by atoms with van der Waals surface area (Å²) in [5.41, 5.74) is 2.35. The second-order valence-corrected chi connectivity index (χ2v) is 10.4. The number of nitrogens with one attached hydrogen (secondary N) is 1. The fourth-order valence-corrected chi connectivity index (χ4v) is 4.89. The molecule has 1 fully saturated rings. The monoisotopic (exact) mass is 454 g/mol. The third kappa shape index (κ3) is 4.36. The van der Waals surface area contributed by atoms with Gasteiger partial charge in [-0.05, 0) is 38.5 Å². The number of ether oxygens (including phenoxy) is 1. The number of urea groups is 1. The number of likely N-dealkylation sites (N-methyl/N-ethyl adjacent to an activating group) is 1. The number of aromatic amines is 1. The molecule has 8 heteroatoms. The SMILES string of the molecule is CC[N+]1(C)CCN(C(=O)N2C=C(C(=O)OC(C)C)c3[nH]c4ncccc4c3C(C)(C)C2)CC1. The summed E-state index contributed by atoms with van der Waals surface area (Å²) in [7, 11) is 2.24. The lowest BCUT2D eigenvalue weighted by Gasteiger charge is -2.42. The molecular weight excluding hydrogens is 418 g/mol. The molecule has 2 amide bonds. The first-order chi connectivity index (χ1) is 15.5. The number of hydrogen-bond donors (Lipinski definition) is 1. The first-order valence-electron chi connectivity index (χ1n) is 11.8. The quantitative estimate of drug-likeness (QED) is 0.570. The summed E-state index contributed by atoms with van der Waals surface area (Å²) in [4.78, 5) is 38.3. The number of quaternary nitrogens is 1. The third-order valence-corrected chi connectivity index (χ3v) is 7.03. The molecular formula is C25H36N5O3+. The fourth-order valence-electron chi connectivity index (χ4n) is 4.89. The zero-order chi connectivity index (χ0) is 24.0. The number of H-pyrrole nitrogens is 1. The Hall–Kier alpha value is -2.87. The molecule has 2 aromatic heterocycles. The highest BCUT2D eigenvalue weighted by Crippen LogP contribution is 2.40. The largest absolute Gasteiger partial charge is 0.459 e. The van der Waals surface area contributed by atoms with E-state index in [2.05, 4.69) is 37.8 Å². The fraction of sp³-hybridized carbons (Fsp3) is 0.560. The minimum atomic E-state index is -0.442. The standard InChI is InChI=1S/C25H36N5O3/c1-7-30(6)13-11-28(12-14-30)24(32)29-15-19(23(31)33-17(2)3)21-20(25(4,5)16-29)18-9-8-10-26-22(18)27-21/h8-10,15,17H,7,11-14,16H2,1-6H3,(H,26,27)/q+1. The number of nitrogens with zero attached hydrogens (tertiary/aromatic N) is 4. The number of piperazine rings is 1. The molecule has 0 radical (unpaired) electrons. The van der Waals surface area contributed by atoms with Gasteiger partial charge in [-0.25, -0.2) is 14.6 Å². The number of hydrogen-bond acceptors (Lipinski definition) is 4. The Balaban J connectivity index is 1.75. The molecule has 1 saturated heterocycles. The highest BCUT2D eigenvalue weighted by Gasteiger charge is 2.39. The van der Waals surface area contributed by atoms with E-state index in [9.17, 15) is 9.59 Å². The van der Waals surface area contributed by atoms with Gasteiger partial charge in [0.25, 0.3) is 0 Å². The van der Waals surface area contributed by atoms with Gasteiger partial charge in [0, 0.05) is 29.7 Å². The van der Waals surface area contributed by atoms with E-state index >= 15 is 0 Å². The minimum absolute atomic E-state index is 0.0622. The number of rotatable bonds is 3. The number of carbonyl (C=O) groups is 2. The third-order valence-electron chi connectivity index (χ3n) is 7.03. The van der Waals surface area contributed by atoms with Crippen LogP contribution in [-0.2, 0) is 14.9 Å². The van der Waals surface area contributed by atoms with Gasteiger partial charge in [0.05, 0.1) is 57.1 Å². The highest BCUT2D eigenvalue weighted by atomic mass is 16.5. The van der Waals surface area contributed by atoms with Gasteiger partial charge in [0.15, 0.2) is 0 Å². The maximum Gasteiger partial charge on any atom is 0.342 e. The van der Waals surface area contributed by atoms with Gasteiger partial charge in [-0.15, -0.1) is 0 Å². The van der Waals surface area contributed by atoms with Gasteiger partial charge in [-0.3, -0.25) is 4.90 Å². The Morgan fingerprint density at radius 2 is 1.97 bits per heavy atom. The van der Waals surface area contributed by atoms with Crippen molar-refractivity contribution in [2.45, 2.75) is 46.1 Å². The van der Waals surface area contributed by atoms with Crippen LogP contribution in [0.5, 0.6) is 0 Å². The van der Waals surface area contributed by atoms with Crippen LogP contribution in [0.4, 0.5) is 4.79 Å². The highest BCUT2D eigenvalue weighted by molar-refractivity contribution is 6.18. The number of amides is 2. The van der Waals surface area contributed by atoms with Crippen molar-refractivity contribution >= 4 is 28.6 Å². The molecule has 2 aromatic rings. The Bertz CT molecular complexity index is 1090. The number of pyridine rings is 1. The predicted octanol–water partition coefficient (Wildman–Crippen LogP) is 3.35. The van der Waals surface area contributed by atoms with Crippen LogP contribution in [0, 0.1) is 0 Å². The molecule has 0 spiro atoms. The smallest absolute Gasteiger partial charge is 0.342 e. The lowest BCUT2D eigenvalue weighted by Crippen LogP contribution is -2.60. The minimum Gasteiger partial charge on any atom is -0.459 e. The maximum absolute atomic E-state index is 13.6. The number of carbonyl (C=O) groups excluding carboxylic acids is 2. The number of esters is 1. The van der Waals surface area contributed by atoms with Crippen molar-refractivity contribution in [1.82, 2.24) is 19.8 Å². The molecule has 0 saturated carbocycles. The molecule has 33 heavy (non-hydrogen) atoms. The van der Waals surface area contributed by atoms with Crippen LogP contribution in [0.3, 0.4) is 0 Å². The summed E-state index contributed by atoms with van der Waals surface area (Å²) in [6.07, 6.45) is 3.14. The summed E-state index contributed by atoms with van der Waals surface area (Å²) in [5.74, 6) is -0.442. The average molecular weight is 455 g/mol. The second kappa shape index (κ2) is 8.48. The van der Waals surface area contributed by atoms with Crippen molar-refractivity contribution in [3.05, 3.63) is 35.8 Å². The zero-order valence-electron chi connectivity index (χ0n) is 20.6. The molecule has 0 unspecified atom stereocenters. The first kappa shape index (κ1) is 23.3. The Morgan fingerprint density at radius 3 is 2.61 bits per heavy atom. The summed E-state index contributed by atoms with van der Waals surface area (Å²) >= 11 is 0. The maximum atomic E-state index is 13.6. The van der Waals surface area contributed by atoms with Gasteiger partial charge in [0.1, 0.15) is 5.65 Å². The van der Waals surface area contributed by atoms with E-state index < -0.39 is 11.4 Å². The summed E-state index contributed by atoms with van der Waals surface area (Å²) < 4.78 is 6.55. The summed E-state index contributed by atoms with van der Waals surface area (Å²) in [5, 5.41) is 0.962. The van der Waals surface area contributed by atoms with E-state index in [1.807, 2.05) is 30.9 Å². The lowest BCUT2D eigenvalue weighted by atomic mass is 9.82. The molecule has 0 bridgehead atoms. The normalized spacial score (nSPS) is 19.8.